The standard InChI is InChI=1S/C10H16O2S/c1-8(6-12-2)10(11)5-9-3-4-13-7-9/h3-4,7-8,10-11H,5-6H2,1-2H3. The molecule has 0 spiro atoms. The van der Waals surface area contributed by atoms with E-state index in [0.29, 0.717) is 6.61 Å². The minimum atomic E-state index is -0.297. The Kier molecular flexibility index (Phi) is 4.42. The lowest BCUT2D eigenvalue weighted by Gasteiger charge is -2.17. The molecule has 3 heteroatoms. The molecule has 0 radical (unpaired) electrons. The first-order valence-electron chi connectivity index (χ1n) is 4.42. The Morgan fingerprint density at radius 1 is 1.62 bits per heavy atom. The van der Waals surface area contributed by atoms with Crippen LogP contribution < -0.4 is 0 Å². The first kappa shape index (κ1) is 10.7. The summed E-state index contributed by atoms with van der Waals surface area (Å²) in [6.07, 6.45) is 0.433. The van der Waals surface area contributed by atoms with E-state index >= 15 is 0 Å². The summed E-state index contributed by atoms with van der Waals surface area (Å²) in [5.74, 6) is 0.199. The second-order valence-electron chi connectivity index (χ2n) is 3.34. The van der Waals surface area contributed by atoms with E-state index in [4.69, 9.17) is 4.74 Å². The van der Waals surface area contributed by atoms with Crippen LogP contribution in [0.3, 0.4) is 0 Å². The Morgan fingerprint density at radius 3 is 2.92 bits per heavy atom. The lowest BCUT2D eigenvalue weighted by Crippen LogP contribution is -2.23. The first-order chi connectivity index (χ1) is 6.24. The Hall–Kier alpha value is -0.380. The summed E-state index contributed by atoms with van der Waals surface area (Å²) in [5.41, 5.74) is 1.21. The van der Waals surface area contributed by atoms with E-state index < -0.39 is 0 Å². The van der Waals surface area contributed by atoms with Gasteiger partial charge in [0.15, 0.2) is 0 Å². The highest BCUT2D eigenvalue weighted by Gasteiger charge is 2.14. The van der Waals surface area contributed by atoms with Crippen molar-refractivity contribution in [1.82, 2.24) is 0 Å². The molecule has 2 unspecified atom stereocenters. The van der Waals surface area contributed by atoms with Crippen LogP contribution in [-0.2, 0) is 11.2 Å². The molecule has 13 heavy (non-hydrogen) atoms. The van der Waals surface area contributed by atoms with E-state index in [9.17, 15) is 5.11 Å². The fraction of sp³-hybridized carbons (Fsp3) is 0.600. The molecule has 2 atom stereocenters. The number of ether oxygens (including phenoxy) is 1. The maximum atomic E-state index is 9.75. The Bertz CT molecular complexity index is 221. The van der Waals surface area contributed by atoms with Gasteiger partial charge in [0.2, 0.25) is 0 Å². The Balaban J connectivity index is 2.36. The number of aliphatic hydroxyl groups is 1. The number of hydrogen-bond acceptors (Lipinski definition) is 3. The molecule has 0 saturated heterocycles. The van der Waals surface area contributed by atoms with Crippen molar-refractivity contribution in [3.05, 3.63) is 22.4 Å². The molecule has 1 N–H and O–H groups in total. The van der Waals surface area contributed by atoms with E-state index in [0.717, 1.165) is 6.42 Å². The van der Waals surface area contributed by atoms with Crippen LogP contribution in [0.25, 0.3) is 0 Å². The van der Waals surface area contributed by atoms with Gasteiger partial charge in [-0.3, -0.25) is 0 Å². The van der Waals surface area contributed by atoms with Gasteiger partial charge in [-0.25, -0.2) is 0 Å². The third kappa shape index (κ3) is 3.46. The van der Waals surface area contributed by atoms with Crippen molar-refractivity contribution in [3.63, 3.8) is 0 Å². The normalized spacial score (nSPS) is 15.6. The van der Waals surface area contributed by atoms with Gasteiger partial charge in [-0.05, 0) is 28.8 Å². The van der Waals surface area contributed by atoms with Gasteiger partial charge >= 0.3 is 0 Å². The summed E-state index contributed by atoms with van der Waals surface area (Å²) < 4.78 is 4.99. The summed E-state index contributed by atoms with van der Waals surface area (Å²) in [6.45, 7) is 2.62. The molecule has 1 rings (SSSR count). The van der Waals surface area contributed by atoms with Gasteiger partial charge in [0.1, 0.15) is 0 Å². The van der Waals surface area contributed by atoms with Crippen molar-refractivity contribution in [2.75, 3.05) is 13.7 Å². The molecule has 0 aliphatic carbocycles. The molecule has 1 aromatic heterocycles. The summed E-state index contributed by atoms with van der Waals surface area (Å²) in [7, 11) is 1.66. The van der Waals surface area contributed by atoms with Gasteiger partial charge in [0, 0.05) is 13.0 Å². The van der Waals surface area contributed by atoms with Gasteiger partial charge in [0.05, 0.1) is 12.7 Å². The predicted molar refractivity (Wildman–Crippen MR) is 55.1 cm³/mol. The van der Waals surface area contributed by atoms with Crippen LogP contribution >= 0.6 is 11.3 Å². The fourth-order valence-corrected chi connectivity index (χ4v) is 1.91. The van der Waals surface area contributed by atoms with Crippen LogP contribution in [0, 0.1) is 5.92 Å². The Labute approximate surface area is 83.2 Å². The zero-order valence-electron chi connectivity index (χ0n) is 8.06. The van der Waals surface area contributed by atoms with Crippen LogP contribution in [0.2, 0.25) is 0 Å². The zero-order chi connectivity index (χ0) is 9.68. The molecule has 0 aliphatic rings. The lowest BCUT2D eigenvalue weighted by atomic mass is 10.0. The lowest BCUT2D eigenvalue weighted by molar-refractivity contribution is 0.0575. The highest BCUT2D eigenvalue weighted by Crippen LogP contribution is 2.13. The predicted octanol–water partition coefficient (Wildman–Crippen LogP) is 1.93. The SMILES string of the molecule is COCC(C)C(O)Cc1ccsc1. The van der Waals surface area contributed by atoms with E-state index in [1.807, 2.05) is 18.4 Å². The highest BCUT2D eigenvalue weighted by molar-refractivity contribution is 7.07. The van der Waals surface area contributed by atoms with Crippen molar-refractivity contribution in [3.8, 4) is 0 Å². The molecule has 0 saturated carbocycles. The maximum absolute atomic E-state index is 9.75. The van der Waals surface area contributed by atoms with E-state index in [2.05, 4.69) is 5.38 Å². The van der Waals surface area contributed by atoms with Crippen LogP contribution in [0.4, 0.5) is 0 Å². The minimum Gasteiger partial charge on any atom is -0.392 e. The monoisotopic (exact) mass is 200 g/mol. The van der Waals surface area contributed by atoms with Gasteiger partial charge in [-0.2, -0.15) is 11.3 Å². The highest BCUT2D eigenvalue weighted by atomic mass is 32.1. The van der Waals surface area contributed by atoms with E-state index in [1.165, 1.54) is 5.56 Å². The molecular formula is C10H16O2S. The average molecular weight is 200 g/mol. The van der Waals surface area contributed by atoms with Gasteiger partial charge in [-0.15, -0.1) is 0 Å². The second-order valence-corrected chi connectivity index (χ2v) is 4.12. The molecule has 2 nitrogen and oxygen atoms in total. The summed E-state index contributed by atoms with van der Waals surface area (Å²) in [6, 6.07) is 2.05. The summed E-state index contributed by atoms with van der Waals surface area (Å²) in [5, 5.41) is 13.8. The van der Waals surface area contributed by atoms with Crippen LogP contribution in [0.5, 0.6) is 0 Å². The van der Waals surface area contributed by atoms with Crippen molar-refractivity contribution < 1.29 is 9.84 Å². The van der Waals surface area contributed by atoms with E-state index in [-0.39, 0.29) is 12.0 Å². The summed E-state index contributed by atoms with van der Waals surface area (Å²) >= 11 is 1.66. The molecule has 0 fully saturated rings. The van der Waals surface area contributed by atoms with Gasteiger partial charge in [0.25, 0.3) is 0 Å². The van der Waals surface area contributed by atoms with Crippen LogP contribution in [-0.4, -0.2) is 24.9 Å². The summed E-state index contributed by atoms with van der Waals surface area (Å²) in [4.78, 5) is 0. The van der Waals surface area contributed by atoms with Gasteiger partial charge in [-0.1, -0.05) is 6.92 Å². The number of aliphatic hydroxyl groups excluding tert-OH is 1. The molecule has 0 bridgehead atoms. The zero-order valence-corrected chi connectivity index (χ0v) is 8.88. The second kappa shape index (κ2) is 5.37. The van der Waals surface area contributed by atoms with Gasteiger partial charge < -0.3 is 9.84 Å². The third-order valence-corrected chi connectivity index (χ3v) is 2.84. The number of hydrogen-bond donors (Lipinski definition) is 1. The average Bonchev–Trinajstić information content (AvgIpc) is 2.57. The molecule has 1 heterocycles. The smallest absolute Gasteiger partial charge is 0.0628 e. The number of thiophene rings is 1. The number of rotatable bonds is 5. The largest absolute Gasteiger partial charge is 0.392 e. The molecule has 1 aromatic rings. The molecular weight excluding hydrogens is 184 g/mol. The van der Waals surface area contributed by atoms with Crippen molar-refractivity contribution in [2.45, 2.75) is 19.4 Å². The number of methoxy groups -OCH3 is 1. The van der Waals surface area contributed by atoms with Crippen molar-refractivity contribution in [2.24, 2.45) is 5.92 Å². The minimum absolute atomic E-state index is 0.199. The quantitative estimate of drug-likeness (QED) is 0.787. The molecule has 0 aromatic carbocycles. The topological polar surface area (TPSA) is 29.5 Å². The molecule has 0 amide bonds. The maximum Gasteiger partial charge on any atom is 0.0628 e. The third-order valence-electron chi connectivity index (χ3n) is 2.11. The van der Waals surface area contributed by atoms with Crippen molar-refractivity contribution >= 4 is 11.3 Å². The molecule has 0 aliphatic heterocycles. The fourth-order valence-electron chi connectivity index (χ4n) is 1.23. The van der Waals surface area contributed by atoms with Crippen LogP contribution in [0.1, 0.15) is 12.5 Å². The van der Waals surface area contributed by atoms with Crippen LogP contribution in [0.15, 0.2) is 16.8 Å². The first-order valence-corrected chi connectivity index (χ1v) is 5.36. The van der Waals surface area contributed by atoms with E-state index in [1.54, 1.807) is 18.4 Å². The Morgan fingerprint density at radius 2 is 2.38 bits per heavy atom. The molecule has 74 valence electrons. The van der Waals surface area contributed by atoms with Crippen molar-refractivity contribution in [1.29, 1.82) is 0 Å².